The van der Waals surface area contributed by atoms with E-state index in [1.54, 1.807) is 30.5 Å². The van der Waals surface area contributed by atoms with Crippen molar-refractivity contribution >= 4 is 5.91 Å². The van der Waals surface area contributed by atoms with Crippen molar-refractivity contribution in [1.82, 2.24) is 10.3 Å². The molecule has 1 heterocycles. The largest absolute Gasteiger partial charge is 0.453 e. The van der Waals surface area contributed by atoms with Crippen LogP contribution in [0.25, 0.3) is 0 Å². The van der Waals surface area contributed by atoms with Crippen LogP contribution in [0.15, 0.2) is 42.7 Å². The van der Waals surface area contributed by atoms with Crippen molar-refractivity contribution in [2.45, 2.75) is 33.2 Å². The molecule has 25 heavy (non-hydrogen) atoms. The first kappa shape index (κ1) is 18.9. The summed E-state index contributed by atoms with van der Waals surface area (Å²) in [6.45, 7) is 4.42. The Labute approximate surface area is 147 Å². The highest BCUT2D eigenvalue weighted by atomic mass is 19.1. The Morgan fingerprint density at radius 3 is 2.64 bits per heavy atom. The number of benzene rings is 1. The van der Waals surface area contributed by atoms with Crippen LogP contribution in [0.2, 0.25) is 0 Å². The van der Waals surface area contributed by atoms with E-state index < -0.39 is 11.2 Å². The van der Waals surface area contributed by atoms with Gasteiger partial charge in [-0.15, -0.1) is 0 Å². The zero-order chi connectivity index (χ0) is 18.3. The molecular weight excluding hydrogens is 321 g/mol. The van der Waals surface area contributed by atoms with Crippen molar-refractivity contribution in [2.75, 3.05) is 6.54 Å². The van der Waals surface area contributed by atoms with Crippen LogP contribution in [0.4, 0.5) is 4.39 Å². The van der Waals surface area contributed by atoms with E-state index >= 15 is 0 Å². The maximum absolute atomic E-state index is 14.2. The van der Waals surface area contributed by atoms with Crippen LogP contribution >= 0.6 is 0 Å². The van der Waals surface area contributed by atoms with Gasteiger partial charge in [-0.3, -0.25) is 9.78 Å². The van der Waals surface area contributed by atoms with Gasteiger partial charge in [0.15, 0.2) is 11.6 Å². The molecule has 0 saturated heterocycles. The number of hydrogen-bond donors (Lipinski definition) is 2. The number of nitrogens with zero attached hydrogens (tertiary/aromatic N) is 1. The van der Waals surface area contributed by atoms with Crippen LogP contribution in [0.3, 0.4) is 0 Å². The molecule has 0 aliphatic heterocycles. The molecular formula is C19H24FN3O2. The molecule has 1 aromatic carbocycles. The van der Waals surface area contributed by atoms with Crippen LogP contribution in [-0.4, -0.2) is 17.4 Å². The zero-order valence-electron chi connectivity index (χ0n) is 14.6. The van der Waals surface area contributed by atoms with E-state index in [-0.39, 0.29) is 24.7 Å². The second-order valence-electron chi connectivity index (χ2n) is 5.93. The van der Waals surface area contributed by atoms with Gasteiger partial charge in [0.25, 0.3) is 0 Å². The van der Waals surface area contributed by atoms with E-state index in [0.717, 1.165) is 0 Å². The summed E-state index contributed by atoms with van der Waals surface area (Å²) in [7, 11) is 0. The fourth-order valence-corrected chi connectivity index (χ4v) is 2.59. The van der Waals surface area contributed by atoms with Crippen LogP contribution in [0.5, 0.6) is 11.5 Å². The van der Waals surface area contributed by atoms with E-state index in [1.807, 2.05) is 13.8 Å². The molecule has 0 aliphatic rings. The molecule has 0 saturated carbocycles. The van der Waals surface area contributed by atoms with Gasteiger partial charge in [-0.05, 0) is 42.7 Å². The van der Waals surface area contributed by atoms with Crippen molar-refractivity contribution < 1.29 is 13.9 Å². The summed E-state index contributed by atoms with van der Waals surface area (Å²) in [4.78, 5) is 16.3. The number of carbonyl (C=O) groups is 1. The molecule has 0 fully saturated rings. The molecule has 0 aliphatic carbocycles. The van der Waals surface area contributed by atoms with Crippen molar-refractivity contribution in [3.63, 3.8) is 0 Å². The number of aromatic nitrogens is 1. The first-order valence-corrected chi connectivity index (χ1v) is 8.39. The molecule has 0 atom stereocenters. The summed E-state index contributed by atoms with van der Waals surface area (Å²) in [6.07, 6.45) is 4.45. The molecule has 2 aromatic rings. The number of amides is 1. The molecule has 0 bridgehead atoms. The minimum absolute atomic E-state index is 0.101. The second kappa shape index (κ2) is 8.58. The highest BCUT2D eigenvalue weighted by Crippen LogP contribution is 2.26. The SMILES string of the molecule is CCC(CC)(CN)C(=O)NCc1ccc(Oc2cccnc2)c(F)c1. The summed E-state index contributed by atoms with van der Waals surface area (Å²) in [5.41, 5.74) is 5.86. The maximum Gasteiger partial charge on any atom is 0.227 e. The molecule has 5 nitrogen and oxygen atoms in total. The molecule has 1 amide bonds. The molecule has 6 heteroatoms. The molecule has 2 rings (SSSR count). The average molecular weight is 345 g/mol. The fraction of sp³-hybridized carbons (Fsp3) is 0.368. The van der Waals surface area contributed by atoms with Crippen LogP contribution in [0, 0.1) is 11.2 Å². The molecule has 1 aromatic heterocycles. The third-order valence-corrected chi connectivity index (χ3v) is 4.54. The number of pyridine rings is 1. The lowest BCUT2D eigenvalue weighted by atomic mass is 9.81. The van der Waals surface area contributed by atoms with E-state index in [1.165, 1.54) is 12.3 Å². The first-order valence-electron chi connectivity index (χ1n) is 8.39. The van der Waals surface area contributed by atoms with Gasteiger partial charge < -0.3 is 15.8 Å². The highest BCUT2D eigenvalue weighted by molar-refractivity contribution is 5.82. The Morgan fingerprint density at radius 2 is 2.08 bits per heavy atom. The van der Waals surface area contributed by atoms with Gasteiger partial charge in [0, 0.05) is 19.3 Å². The van der Waals surface area contributed by atoms with Crippen molar-refractivity contribution in [2.24, 2.45) is 11.1 Å². The van der Waals surface area contributed by atoms with E-state index in [2.05, 4.69) is 10.3 Å². The van der Waals surface area contributed by atoms with E-state index in [0.29, 0.717) is 24.2 Å². The topological polar surface area (TPSA) is 77.2 Å². The lowest BCUT2D eigenvalue weighted by Gasteiger charge is -2.28. The van der Waals surface area contributed by atoms with Gasteiger partial charge in [0.05, 0.1) is 11.6 Å². The number of nitrogens with one attached hydrogen (secondary N) is 1. The Bertz CT molecular complexity index is 695. The third-order valence-electron chi connectivity index (χ3n) is 4.54. The number of nitrogens with two attached hydrogens (primary N) is 1. The maximum atomic E-state index is 14.2. The third kappa shape index (κ3) is 4.54. The molecule has 134 valence electrons. The smallest absolute Gasteiger partial charge is 0.227 e. The minimum Gasteiger partial charge on any atom is -0.453 e. The first-order chi connectivity index (χ1) is 12.0. The van der Waals surface area contributed by atoms with Gasteiger partial charge >= 0.3 is 0 Å². The Morgan fingerprint density at radius 1 is 1.32 bits per heavy atom. The van der Waals surface area contributed by atoms with Crippen molar-refractivity contribution in [1.29, 1.82) is 0 Å². The van der Waals surface area contributed by atoms with Crippen LogP contribution in [-0.2, 0) is 11.3 Å². The van der Waals surface area contributed by atoms with Gasteiger partial charge in [0.1, 0.15) is 5.75 Å². The van der Waals surface area contributed by atoms with E-state index in [9.17, 15) is 9.18 Å². The lowest BCUT2D eigenvalue weighted by Crippen LogP contribution is -2.45. The van der Waals surface area contributed by atoms with Crippen LogP contribution < -0.4 is 15.8 Å². The molecule has 0 unspecified atom stereocenters. The number of hydrogen-bond acceptors (Lipinski definition) is 4. The molecule has 0 radical (unpaired) electrons. The normalized spacial score (nSPS) is 11.2. The zero-order valence-corrected chi connectivity index (χ0v) is 14.6. The Balaban J connectivity index is 2.02. The van der Waals surface area contributed by atoms with Gasteiger partial charge in [0.2, 0.25) is 5.91 Å². The predicted octanol–water partition coefficient (Wildman–Crippen LogP) is 3.39. The summed E-state index contributed by atoms with van der Waals surface area (Å²) in [5, 5.41) is 2.85. The second-order valence-corrected chi connectivity index (χ2v) is 5.93. The quantitative estimate of drug-likeness (QED) is 0.769. The van der Waals surface area contributed by atoms with Crippen molar-refractivity contribution in [3.8, 4) is 11.5 Å². The number of rotatable bonds is 8. The molecule has 0 spiro atoms. The number of halogens is 1. The summed E-state index contributed by atoms with van der Waals surface area (Å²) in [5.74, 6) is -0.0228. The summed E-state index contributed by atoms with van der Waals surface area (Å²) >= 11 is 0. The number of ether oxygens (including phenoxy) is 1. The fourth-order valence-electron chi connectivity index (χ4n) is 2.59. The Hall–Kier alpha value is -2.47. The van der Waals surface area contributed by atoms with E-state index in [4.69, 9.17) is 10.5 Å². The Kier molecular flexibility index (Phi) is 6.47. The molecule has 3 N–H and O–H groups in total. The summed E-state index contributed by atoms with van der Waals surface area (Å²) in [6, 6.07) is 8.02. The van der Waals surface area contributed by atoms with Crippen LogP contribution in [0.1, 0.15) is 32.3 Å². The van der Waals surface area contributed by atoms with Gasteiger partial charge in [-0.1, -0.05) is 19.9 Å². The summed E-state index contributed by atoms with van der Waals surface area (Å²) < 4.78 is 19.7. The van der Waals surface area contributed by atoms with Gasteiger partial charge in [-0.25, -0.2) is 4.39 Å². The van der Waals surface area contributed by atoms with Crippen molar-refractivity contribution in [3.05, 3.63) is 54.1 Å². The predicted molar refractivity (Wildman–Crippen MR) is 94.6 cm³/mol. The standard InChI is InChI=1S/C19H24FN3O2/c1-3-19(4-2,13-21)18(24)23-11-14-7-8-17(16(20)10-14)25-15-6-5-9-22-12-15/h5-10,12H,3-4,11,13,21H2,1-2H3,(H,23,24). The van der Waals surface area contributed by atoms with Gasteiger partial charge in [-0.2, -0.15) is 0 Å². The average Bonchev–Trinajstić information content (AvgIpc) is 2.65. The monoisotopic (exact) mass is 345 g/mol. The minimum atomic E-state index is -0.568. The highest BCUT2D eigenvalue weighted by Gasteiger charge is 2.32. The number of carbonyl (C=O) groups excluding carboxylic acids is 1. The lowest BCUT2D eigenvalue weighted by molar-refractivity contribution is -0.131.